The molecule has 2 aromatic rings. The minimum Gasteiger partial charge on any atom is -0.339 e. The molecule has 1 saturated heterocycles. The van der Waals surface area contributed by atoms with Crippen molar-refractivity contribution >= 4 is 11.8 Å². The topological polar surface area (TPSA) is 75.8 Å². The van der Waals surface area contributed by atoms with Crippen LogP contribution in [-0.4, -0.2) is 52.5 Å². The monoisotopic (exact) mass is 329 g/mol. The molecule has 7 heteroatoms. The quantitative estimate of drug-likeness (QED) is 0.822. The van der Waals surface area contributed by atoms with Crippen LogP contribution in [-0.2, 0) is 11.8 Å². The summed E-state index contributed by atoms with van der Waals surface area (Å²) in [5.41, 5.74) is 0.617. The van der Waals surface area contributed by atoms with Gasteiger partial charge in [-0.2, -0.15) is 0 Å². The number of piperazine rings is 1. The lowest BCUT2D eigenvalue weighted by molar-refractivity contribution is -0.130. The number of amides is 2. The van der Waals surface area contributed by atoms with Gasteiger partial charge in [0.05, 0.1) is 0 Å². The van der Waals surface area contributed by atoms with Gasteiger partial charge < -0.3 is 14.3 Å². The van der Waals surface area contributed by atoms with Crippen LogP contribution in [0.4, 0.5) is 0 Å². The molecule has 3 rings (SSSR count). The number of carbonyl (C=O) groups excluding carboxylic acids is 2. The van der Waals surface area contributed by atoms with Crippen molar-refractivity contribution in [1.82, 2.24) is 14.5 Å². The van der Waals surface area contributed by atoms with E-state index < -0.39 is 5.63 Å². The molecule has 126 valence electrons. The van der Waals surface area contributed by atoms with Gasteiger partial charge in [-0.05, 0) is 0 Å². The molecule has 1 fully saturated rings. The number of carbonyl (C=O) groups is 2. The largest absolute Gasteiger partial charge is 0.370 e. The van der Waals surface area contributed by atoms with E-state index >= 15 is 0 Å². The lowest BCUT2D eigenvalue weighted by Crippen LogP contribution is -2.50. The summed E-state index contributed by atoms with van der Waals surface area (Å²) in [6.07, 6.45) is 0. The predicted octanol–water partition coefficient (Wildman–Crippen LogP) is 0.950. The van der Waals surface area contributed by atoms with Crippen molar-refractivity contribution in [1.29, 1.82) is 0 Å². The highest BCUT2D eigenvalue weighted by Gasteiger charge is 2.30. The summed E-state index contributed by atoms with van der Waals surface area (Å²) >= 11 is 0. The van der Waals surface area contributed by atoms with Crippen molar-refractivity contribution < 1.29 is 14.1 Å². The van der Waals surface area contributed by atoms with Crippen LogP contribution in [0.2, 0.25) is 0 Å². The zero-order valence-electron chi connectivity index (χ0n) is 13.7. The third-order valence-electron chi connectivity index (χ3n) is 4.25. The van der Waals surface area contributed by atoms with E-state index in [9.17, 15) is 14.4 Å². The van der Waals surface area contributed by atoms with E-state index in [4.69, 9.17) is 4.52 Å². The Balaban J connectivity index is 1.92. The molecule has 0 atom stereocenters. The van der Waals surface area contributed by atoms with Crippen LogP contribution in [0.15, 0.2) is 39.6 Å². The molecule has 7 nitrogen and oxygen atoms in total. The average Bonchev–Trinajstić information content (AvgIpc) is 2.89. The maximum Gasteiger partial charge on any atom is 0.370 e. The molecule has 24 heavy (non-hydrogen) atoms. The number of benzene rings is 1. The van der Waals surface area contributed by atoms with E-state index in [1.165, 1.54) is 11.7 Å². The smallest absolute Gasteiger partial charge is 0.339 e. The Morgan fingerprint density at radius 2 is 1.58 bits per heavy atom. The van der Waals surface area contributed by atoms with Gasteiger partial charge in [-0.1, -0.05) is 30.3 Å². The third-order valence-corrected chi connectivity index (χ3v) is 4.25. The number of hydrogen-bond donors (Lipinski definition) is 0. The van der Waals surface area contributed by atoms with Crippen LogP contribution in [0.25, 0.3) is 11.3 Å². The molecule has 0 unspecified atom stereocenters. The first-order chi connectivity index (χ1) is 11.5. The summed E-state index contributed by atoms with van der Waals surface area (Å²) < 4.78 is 6.45. The second-order valence-electron chi connectivity index (χ2n) is 5.76. The summed E-state index contributed by atoms with van der Waals surface area (Å²) in [7, 11) is 1.61. The third kappa shape index (κ3) is 2.84. The summed E-state index contributed by atoms with van der Waals surface area (Å²) in [6.45, 7) is 3.26. The van der Waals surface area contributed by atoms with Crippen LogP contribution in [0.5, 0.6) is 0 Å². The van der Waals surface area contributed by atoms with Crippen LogP contribution in [0.1, 0.15) is 17.3 Å². The second kappa shape index (κ2) is 6.35. The van der Waals surface area contributed by atoms with Gasteiger partial charge in [-0.3, -0.25) is 9.59 Å². The fourth-order valence-corrected chi connectivity index (χ4v) is 2.96. The highest BCUT2D eigenvalue weighted by molar-refractivity contribution is 5.99. The Labute approximate surface area is 139 Å². The predicted molar refractivity (Wildman–Crippen MR) is 87.5 cm³/mol. The van der Waals surface area contributed by atoms with E-state index in [1.54, 1.807) is 16.8 Å². The Morgan fingerprint density at radius 1 is 1.00 bits per heavy atom. The minimum absolute atomic E-state index is 0.00806. The van der Waals surface area contributed by atoms with E-state index in [2.05, 4.69) is 0 Å². The molecule has 1 aliphatic heterocycles. The van der Waals surface area contributed by atoms with Gasteiger partial charge in [0.15, 0.2) is 5.56 Å². The zero-order chi connectivity index (χ0) is 17.3. The van der Waals surface area contributed by atoms with E-state index in [1.807, 2.05) is 30.3 Å². The number of aryl methyl sites for hydroxylation is 1. The first-order valence-corrected chi connectivity index (χ1v) is 7.79. The molecule has 1 aliphatic rings. The number of rotatable bonds is 2. The van der Waals surface area contributed by atoms with Gasteiger partial charge in [0.2, 0.25) is 5.91 Å². The van der Waals surface area contributed by atoms with Gasteiger partial charge in [-0.25, -0.2) is 9.53 Å². The molecule has 0 aliphatic carbocycles. The maximum absolute atomic E-state index is 12.9. The van der Waals surface area contributed by atoms with Crippen molar-refractivity contribution in [2.45, 2.75) is 6.92 Å². The molecule has 0 bridgehead atoms. The summed E-state index contributed by atoms with van der Waals surface area (Å²) in [5.74, 6) is -0.363. The van der Waals surface area contributed by atoms with Crippen molar-refractivity contribution in [3.63, 3.8) is 0 Å². The Hall–Kier alpha value is -2.83. The molecule has 2 amide bonds. The lowest BCUT2D eigenvalue weighted by atomic mass is 10.1. The summed E-state index contributed by atoms with van der Waals surface area (Å²) in [5, 5.41) is 0. The van der Waals surface area contributed by atoms with Crippen molar-refractivity contribution in [2.75, 3.05) is 26.2 Å². The van der Waals surface area contributed by atoms with E-state index in [0.29, 0.717) is 31.9 Å². The maximum atomic E-state index is 12.9. The van der Waals surface area contributed by atoms with Gasteiger partial charge in [0.25, 0.3) is 5.91 Å². The molecule has 0 radical (unpaired) electrons. The minimum atomic E-state index is -0.643. The molecule has 1 aromatic heterocycles. The Bertz CT molecular complexity index is 814. The molecular weight excluding hydrogens is 310 g/mol. The van der Waals surface area contributed by atoms with Gasteiger partial charge >= 0.3 is 5.63 Å². The summed E-state index contributed by atoms with van der Waals surface area (Å²) in [6, 6.07) is 9.20. The SMILES string of the molecule is CC(=O)N1CCN(C(=O)c2c(-c3ccccc3)n(C)oc2=O)CC1. The highest BCUT2D eigenvalue weighted by Crippen LogP contribution is 2.23. The normalized spacial score (nSPS) is 14.8. The zero-order valence-corrected chi connectivity index (χ0v) is 13.7. The van der Waals surface area contributed by atoms with Crippen LogP contribution in [0.3, 0.4) is 0 Å². The molecular formula is C17H19N3O4. The summed E-state index contributed by atoms with van der Waals surface area (Å²) in [4.78, 5) is 39.7. The molecule has 0 saturated carbocycles. The standard InChI is InChI=1S/C17H19N3O4/c1-12(21)19-8-10-20(11-9-19)16(22)14-15(18(2)24-17(14)23)13-6-4-3-5-7-13/h3-7H,8-11H2,1-2H3. The molecule has 0 N–H and O–H groups in total. The lowest BCUT2D eigenvalue weighted by Gasteiger charge is -2.34. The molecule has 1 aromatic carbocycles. The number of hydrogen-bond acceptors (Lipinski definition) is 4. The van der Waals surface area contributed by atoms with Crippen molar-refractivity contribution in [2.24, 2.45) is 7.05 Å². The Morgan fingerprint density at radius 3 is 2.17 bits per heavy atom. The molecule has 2 heterocycles. The van der Waals surface area contributed by atoms with Crippen molar-refractivity contribution in [3.8, 4) is 11.3 Å². The Kier molecular flexibility index (Phi) is 4.24. The fraction of sp³-hybridized carbons (Fsp3) is 0.353. The first-order valence-electron chi connectivity index (χ1n) is 7.79. The number of nitrogens with zero attached hydrogens (tertiary/aromatic N) is 3. The molecule has 0 spiro atoms. The van der Waals surface area contributed by atoms with E-state index in [0.717, 1.165) is 5.56 Å². The highest BCUT2D eigenvalue weighted by atomic mass is 16.5. The van der Waals surface area contributed by atoms with E-state index in [-0.39, 0.29) is 17.4 Å². The van der Waals surface area contributed by atoms with Crippen LogP contribution < -0.4 is 5.63 Å². The van der Waals surface area contributed by atoms with Crippen LogP contribution in [0, 0.1) is 0 Å². The average molecular weight is 329 g/mol. The van der Waals surface area contributed by atoms with Gasteiger partial charge in [0, 0.05) is 45.7 Å². The van der Waals surface area contributed by atoms with Gasteiger partial charge in [0.1, 0.15) is 5.69 Å². The van der Waals surface area contributed by atoms with Crippen LogP contribution >= 0.6 is 0 Å². The van der Waals surface area contributed by atoms with Crippen molar-refractivity contribution in [3.05, 3.63) is 46.3 Å². The number of aromatic nitrogens is 1. The fourth-order valence-electron chi connectivity index (χ4n) is 2.96. The first kappa shape index (κ1) is 16.0. The van der Waals surface area contributed by atoms with Gasteiger partial charge in [-0.15, -0.1) is 0 Å². The second-order valence-corrected chi connectivity index (χ2v) is 5.76.